The zero-order chi connectivity index (χ0) is 21.7. The quantitative estimate of drug-likeness (QED) is 0.325. The molecule has 1 aromatic heterocycles. The molecule has 6 nitrogen and oxygen atoms in total. The molecule has 29 heavy (non-hydrogen) atoms. The number of halogens is 2. The molecule has 2 amide bonds. The van der Waals surface area contributed by atoms with Crippen molar-refractivity contribution in [2.75, 3.05) is 11.9 Å². The van der Waals surface area contributed by atoms with Gasteiger partial charge >= 0.3 is 0 Å². The van der Waals surface area contributed by atoms with Crippen molar-refractivity contribution in [2.24, 2.45) is 0 Å². The van der Waals surface area contributed by atoms with Crippen LogP contribution in [0.2, 0.25) is 0 Å². The Morgan fingerprint density at radius 1 is 1.24 bits per heavy atom. The third-order valence-corrected chi connectivity index (χ3v) is 4.26. The van der Waals surface area contributed by atoms with Gasteiger partial charge in [-0.15, -0.1) is 13.0 Å². The molecular weight excluding hydrogens is 380 g/mol. The average molecular weight is 399 g/mol. The normalized spacial score (nSPS) is 10.2. The van der Waals surface area contributed by atoms with Gasteiger partial charge in [0.1, 0.15) is 5.69 Å². The number of aromatic nitrogens is 1. The first-order valence-electron chi connectivity index (χ1n) is 8.55. The maximum atomic E-state index is 13.4. The highest BCUT2D eigenvalue weighted by atomic mass is 19.2. The van der Waals surface area contributed by atoms with Crippen LogP contribution in [-0.4, -0.2) is 28.7 Å². The number of benzene rings is 1. The Bertz CT molecular complexity index is 1050. The first-order chi connectivity index (χ1) is 13.7. The van der Waals surface area contributed by atoms with Gasteiger partial charge in [-0.3, -0.25) is 14.4 Å². The topological polar surface area (TPSA) is 80.2 Å². The van der Waals surface area contributed by atoms with Crippen LogP contribution in [0.1, 0.15) is 32.1 Å². The van der Waals surface area contributed by atoms with Gasteiger partial charge in [0, 0.05) is 24.0 Å². The molecule has 8 heteroatoms. The Labute approximate surface area is 166 Å². The van der Waals surface area contributed by atoms with Gasteiger partial charge in [0.25, 0.3) is 17.6 Å². The summed E-state index contributed by atoms with van der Waals surface area (Å²) in [5.41, 5.74) is 0.859. The van der Waals surface area contributed by atoms with Gasteiger partial charge in [0.05, 0.1) is 12.1 Å². The van der Waals surface area contributed by atoms with Crippen molar-refractivity contribution in [1.29, 1.82) is 0 Å². The summed E-state index contributed by atoms with van der Waals surface area (Å²) >= 11 is 0. The molecule has 2 N–H and O–H groups in total. The summed E-state index contributed by atoms with van der Waals surface area (Å²) < 4.78 is 28.0. The van der Waals surface area contributed by atoms with Crippen LogP contribution in [0.5, 0.6) is 0 Å². The van der Waals surface area contributed by atoms with E-state index in [1.54, 1.807) is 6.92 Å². The predicted molar refractivity (Wildman–Crippen MR) is 105 cm³/mol. The number of Topliss-reactive ketones (excluding diaryl/α,β-unsaturated/α-hetero) is 1. The van der Waals surface area contributed by atoms with Crippen molar-refractivity contribution in [3.8, 4) is 12.3 Å². The van der Waals surface area contributed by atoms with Crippen LogP contribution in [-0.2, 0) is 11.3 Å². The molecule has 0 radical (unpaired) electrons. The minimum absolute atomic E-state index is 0.0388. The van der Waals surface area contributed by atoms with Gasteiger partial charge in [0.2, 0.25) is 0 Å². The number of hydrogen-bond donors (Lipinski definition) is 2. The van der Waals surface area contributed by atoms with Crippen molar-refractivity contribution in [3.63, 3.8) is 0 Å². The summed E-state index contributed by atoms with van der Waals surface area (Å²) in [4.78, 5) is 37.5. The van der Waals surface area contributed by atoms with E-state index < -0.39 is 29.2 Å². The predicted octanol–water partition coefficient (Wildman–Crippen LogP) is 2.75. The fourth-order valence-corrected chi connectivity index (χ4v) is 2.97. The van der Waals surface area contributed by atoms with Crippen LogP contribution >= 0.6 is 0 Å². The number of carbonyl (C=O) groups excluding carboxylic acids is 3. The van der Waals surface area contributed by atoms with Crippen molar-refractivity contribution in [3.05, 3.63) is 65.0 Å². The SMILES string of the molecule is C#CCNC(=O)C(=O)c1c(C)c(C(=O)Nc2ccc(F)c(F)c2)n(CC=C)c1C. The molecule has 0 unspecified atom stereocenters. The number of anilines is 1. The molecule has 0 spiro atoms. The highest BCUT2D eigenvalue weighted by Crippen LogP contribution is 2.25. The summed E-state index contributed by atoms with van der Waals surface area (Å²) in [6.07, 6.45) is 6.60. The number of carbonyl (C=O) groups is 3. The highest BCUT2D eigenvalue weighted by Gasteiger charge is 2.29. The van der Waals surface area contributed by atoms with Crippen molar-refractivity contribution in [1.82, 2.24) is 9.88 Å². The molecule has 0 aliphatic heterocycles. The molecule has 0 saturated heterocycles. The van der Waals surface area contributed by atoms with Crippen LogP contribution in [0.4, 0.5) is 14.5 Å². The van der Waals surface area contributed by atoms with E-state index >= 15 is 0 Å². The molecule has 2 rings (SSSR count). The second-order valence-electron chi connectivity index (χ2n) is 6.13. The van der Waals surface area contributed by atoms with E-state index in [1.807, 2.05) is 0 Å². The van der Waals surface area contributed by atoms with Crippen LogP contribution in [0.3, 0.4) is 0 Å². The number of ketones is 1. The third-order valence-electron chi connectivity index (χ3n) is 4.26. The molecule has 0 aliphatic carbocycles. The van der Waals surface area contributed by atoms with Gasteiger partial charge in [-0.1, -0.05) is 12.0 Å². The summed E-state index contributed by atoms with van der Waals surface area (Å²) in [6.45, 7) is 6.82. The van der Waals surface area contributed by atoms with Gasteiger partial charge in [-0.05, 0) is 31.5 Å². The Hall–Kier alpha value is -3.73. The smallest absolute Gasteiger partial charge is 0.293 e. The summed E-state index contributed by atoms with van der Waals surface area (Å²) in [6, 6.07) is 2.94. The number of nitrogens with one attached hydrogen (secondary N) is 2. The second kappa shape index (κ2) is 8.97. The molecule has 1 aromatic carbocycles. The number of terminal acetylenes is 1. The largest absolute Gasteiger partial charge is 0.338 e. The van der Waals surface area contributed by atoms with Crippen molar-refractivity contribution in [2.45, 2.75) is 20.4 Å². The monoisotopic (exact) mass is 399 g/mol. The molecule has 0 aliphatic rings. The Morgan fingerprint density at radius 2 is 1.93 bits per heavy atom. The molecule has 1 heterocycles. The van der Waals surface area contributed by atoms with E-state index in [-0.39, 0.29) is 35.6 Å². The zero-order valence-corrected chi connectivity index (χ0v) is 15.9. The van der Waals surface area contributed by atoms with Gasteiger partial charge in [-0.2, -0.15) is 0 Å². The molecule has 0 fully saturated rings. The first kappa shape index (κ1) is 21.6. The van der Waals surface area contributed by atoms with E-state index in [9.17, 15) is 23.2 Å². The number of nitrogens with zero attached hydrogens (tertiary/aromatic N) is 1. The van der Waals surface area contributed by atoms with E-state index in [1.165, 1.54) is 23.6 Å². The van der Waals surface area contributed by atoms with Gasteiger partial charge in [-0.25, -0.2) is 8.78 Å². The van der Waals surface area contributed by atoms with Gasteiger partial charge < -0.3 is 15.2 Å². The molecule has 0 bridgehead atoms. The van der Waals surface area contributed by atoms with E-state index in [0.717, 1.165) is 12.1 Å². The Morgan fingerprint density at radius 3 is 2.52 bits per heavy atom. The van der Waals surface area contributed by atoms with Crippen LogP contribution in [0.25, 0.3) is 0 Å². The van der Waals surface area contributed by atoms with E-state index in [2.05, 4.69) is 23.1 Å². The first-order valence-corrected chi connectivity index (χ1v) is 8.55. The number of rotatable bonds is 7. The minimum Gasteiger partial charge on any atom is -0.338 e. The van der Waals surface area contributed by atoms with Crippen LogP contribution in [0, 0.1) is 37.8 Å². The fourth-order valence-electron chi connectivity index (χ4n) is 2.97. The van der Waals surface area contributed by atoms with E-state index in [0.29, 0.717) is 5.69 Å². The molecular formula is C21H19F2N3O3. The van der Waals surface area contributed by atoms with Crippen LogP contribution < -0.4 is 10.6 Å². The summed E-state index contributed by atoms with van der Waals surface area (Å²) in [5.74, 6) is -2.33. The van der Waals surface area contributed by atoms with Crippen molar-refractivity contribution >= 4 is 23.3 Å². The lowest BCUT2D eigenvalue weighted by molar-refractivity contribution is -0.116. The Balaban J connectivity index is 2.47. The maximum absolute atomic E-state index is 13.4. The summed E-state index contributed by atoms with van der Waals surface area (Å²) in [7, 11) is 0. The molecule has 0 saturated carbocycles. The molecule has 2 aromatic rings. The highest BCUT2D eigenvalue weighted by molar-refractivity contribution is 6.43. The molecule has 0 atom stereocenters. The molecule has 150 valence electrons. The number of amides is 2. The number of hydrogen-bond acceptors (Lipinski definition) is 3. The standard InChI is InChI=1S/C21H19F2N3O3/c1-5-9-24-21(29)19(27)17-12(3)18(26(10-6-2)13(17)4)20(28)25-14-7-8-15(22)16(23)11-14/h1,6-8,11H,2,9-10H2,3-4H3,(H,24,29)(H,25,28). The maximum Gasteiger partial charge on any atom is 0.293 e. The summed E-state index contributed by atoms with van der Waals surface area (Å²) in [5, 5.41) is 4.76. The Kier molecular flexibility index (Phi) is 6.67. The average Bonchev–Trinajstić information content (AvgIpc) is 2.92. The second-order valence-corrected chi connectivity index (χ2v) is 6.13. The minimum atomic E-state index is -1.11. The third kappa shape index (κ3) is 4.41. The lowest BCUT2D eigenvalue weighted by Gasteiger charge is -2.11. The van der Waals surface area contributed by atoms with Crippen molar-refractivity contribution < 1.29 is 23.2 Å². The fraction of sp³-hybridized carbons (Fsp3) is 0.190. The van der Waals surface area contributed by atoms with Gasteiger partial charge in [0.15, 0.2) is 11.6 Å². The number of allylic oxidation sites excluding steroid dienone is 1. The van der Waals surface area contributed by atoms with Crippen LogP contribution in [0.15, 0.2) is 30.9 Å². The zero-order valence-electron chi connectivity index (χ0n) is 15.9. The lowest BCUT2D eigenvalue weighted by atomic mass is 10.0. The van der Waals surface area contributed by atoms with E-state index in [4.69, 9.17) is 6.42 Å². The lowest BCUT2D eigenvalue weighted by Crippen LogP contribution is -2.31.